The number of hydrogen-bond donors (Lipinski definition) is 3. The van der Waals surface area contributed by atoms with Crippen LogP contribution >= 0.6 is 28.3 Å². The van der Waals surface area contributed by atoms with E-state index in [1.54, 1.807) is 0 Å². The minimum Gasteiger partial charge on any atom is -0.347 e. The van der Waals surface area contributed by atoms with Crippen LogP contribution in [0.4, 0.5) is 0 Å². The van der Waals surface area contributed by atoms with E-state index in [-0.39, 0.29) is 30.3 Å². The van der Waals surface area contributed by atoms with Crippen molar-refractivity contribution in [2.45, 2.75) is 52.0 Å². The number of nitrogens with one attached hydrogen (secondary N) is 2. The van der Waals surface area contributed by atoms with Crippen molar-refractivity contribution in [3.05, 3.63) is 15.9 Å². The molecule has 0 aliphatic rings. The second-order valence-electron chi connectivity index (χ2n) is 5.00. The van der Waals surface area contributed by atoms with Gasteiger partial charge in [-0.2, -0.15) is 5.10 Å². The number of hydrogen-bond acceptors (Lipinski definition) is 3. The number of H-pyrrole nitrogens is 1. The van der Waals surface area contributed by atoms with Crippen LogP contribution in [0.1, 0.15) is 62.1 Å². The molecule has 0 aliphatic heterocycles. The number of aromatic nitrogens is 2. The quantitative estimate of drug-likeness (QED) is 0.692. The van der Waals surface area contributed by atoms with Crippen LogP contribution in [-0.2, 0) is 0 Å². The first-order valence-electron chi connectivity index (χ1n) is 6.75. The van der Waals surface area contributed by atoms with Crippen LogP contribution in [0, 0.1) is 0 Å². The van der Waals surface area contributed by atoms with Crippen LogP contribution in [0.15, 0.2) is 4.47 Å². The van der Waals surface area contributed by atoms with Gasteiger partial charge in [0.05, 0.1) is 10.2 Å². The second kappa shape index (κ2) is 9.37. The maximum atomic E-state index is 12.2. The molecule has 5 nitrogen and oxygen atoms in total. The van der Waals surface area contributed by atoms with Crippen molar-refractivity contribution in [2.24, 2.45) is 5.73 Å². The minimum atomic E-state index is -0.179. The summed E-state index contributed by atoms with van der Waals surface area (Å²) >= 11 is 3.43. The highest BCUT2D eigenvalue weighted by Gasteiger charge is 2.21. The van der Waals surface area contributed by atoms with Crippen molar-refractivity contribution < 1.29 is 4.79 Å². The molecule has 0 aromatic carbocycles. The SMILES string of the molecule is CCCCC(CN)NC(=O)c1n[nH]c(C(C)C)c1Br.Cl. The van der Waals surface area contributed by atoms with Gasteiger partial charge in [0.15, 0.2) is 5.69 Å². The predicted octanol–water partition coefficient (Wildman–Crippen LogP) is 2.96. The van der Waals surface area contributed by atoms with E-state index in [9.17, 15) is 4.79 Å². The molecule has 0 saturated heterocycles. The van der Waals surface area contributed by atoms with Crippen molar-refractivity contribution in [2.75, 3.05) is 6.54 Å². The van der Waals surface area contributed by atoms with E-state index in [0.717, 1.165) is 29.4 Å². The summed E-state index contributed by atoms with van der Waals surface area (Å²) in [5, 5.41) is 9.91. The summed E-state index contributed by atoms with van der Waals surface area (Å²) in [5.41, 5.74) is 7.01. The monoisotopic (exact) mass is 366 g/mol. The molecule has 0 spiro atoms. The maximum Gasteiger partial charge on any atom is 0.273 e. The van der Waals surface area contributed by atoms with Gasteiger partial charge in [-0.1, -0.05) is 33.6 Å². The molecule has 1 unspecified atom stereocenters. The van der Waals surface area contributed by atoms with Crippen LogP contribution in [-0.4, -0.2) is 28.7 Å². The smallest absolute Gasteiger partial charge is 0.273 e. The van der Waals surface area contributed by atoms with Crippen LogP contribution in [0.5, 0.6) is 0 Å². The van der Waals surface area contributed by atoms with Crippen molar-refractivity contribution in [3.8, 4) is 0 Å². The number of nitrogens with two attached hydrogens (primary N) is 1. The Kier molecular flexibility index (Phi) is 9.09. The molecule has 1 amide bonds. The fourth-order valence-corrected chi connectivity index (χ4v) is 2.64. The lowest BCUT2D eigenvalue weighted by Gasteiger charge is -2.15. The van der Waals surface area contributed by atoms with Crippen LogP contribution in [0.3, 0.4) is 0 Å². The molecule has 1 heterocycles. The third-order valence-electron chi connectivity index (χ3n) is 3.05. The first kappa shape index (κ1) is 19.4. The molecule has 0 saturated carbocycles. The Balaban J connectivity index is 0.00000361. The van der Waals surface area contributed by atoms with Gasteiger partial charge in [0.2, 0.25) is 0 Å². The van der Waals surface area contributed by atoms with Gasteiger partial charge in [-0.3, -0.25) is 9.89 Å². The summed E-state index contributed by atoms with van der Waals surface area (Å²) in [5.74, 6) is 0.107. The van der Waals surface area contributed by atoms with Gasteiger partial charge in [-0.25, -0.2) is 0 Å². The van der Waals surface area contributed by atoms with E-state index in [0.29, 0.717) is 12.2 Å². The minimum absolute atomic E-state index is 0. The van der Waals surface area contributed by atoms with Crippen molar-refractivity contribution in [1.29, 1.82) is 0 Å². The summed E-state index contributed by atoms with van der Waals surface area (Å²) < 4.78 is 0.742. The zero-order valence-corrected chi connectivity index (χ0v) is 14.6. The topological polar surface area (TPSA) is 83.8 Å². The van der Waals surface area contributed by atoms with Crippen molar-refractivity contribution in [3.63, 3.8) is 0 Å². The molecule has 0 bridgehead atoms. The van der Waals surface area contributed by atoms with Gasteiger partial charge in [0, 0.05) is 12.6 Å². The lowest BCUT2D eigenvalue weighted by molar-refractivity contribution is 0.0930. The lowest BCUT2D eigenvalue weighted by atomic mass is 10.1. The van der Waals surface area contributed by atoms with Crippen molar-refractivity contribution in [1.82, 2.24) is 15.5 Å². The van der Waals surface area contributed by atoms with Gasteiger partial charge < -0.3 is 11.1 Å². The van der Waals surface area contributed by atoms with Crippen LogP contribution in [0.25, 0.3) is 0 Å². The summed E-state index contributed by atoms with van der Waals surface area (Å²) in [6, 6.07) is 0.0125. The Bertz CT molecular complexity index is 423. The normalized spacial score (nSPS) is 12.1. The van der Waals surface area contributed by atoms with Crippen LogP contribution in [0.2, 0.25) is 0 Å². The number of nitrogens with zero attached hydrogens (tertiary/aromatic N) is 1. The average molecular weight is 368 g/mol. The molecular formula is C13H24BrClN4O. The molecule has 1 atom stereocenters. The molecule has 0 fully saturated rings. The third kappa shape index (κ3) is 5.07. The summed E-state index contributed by atoms with van der Waals surface area (Å²) in [4.78, 5) is 12.2. The zero-order chi connectivity index (χ0) is 14.4. The number of amides is 1. The number of unbranched alkanes of at least 4 members (excludes halogenated alkanes) is 1. The Hall–Kier alpha value is -0.590. The first-order chi connectivity index (χ1) is 9.01. The molecular weight excluding hydrogens is 344 g/mol. The Labute approximate surface area is 135 Å². The van der Waals surface area contributed by atoms with E-state index in [1.807, 2.05) is 13.8 Å². The molecule has 116 valence electrons. The molecule has 7 heteroatoms. The molecule has 1 aromatic heterocycles. The molecule has 4 N–H and O–H groups in total. The lowest BCUT2D eigenvalue weighted by Crippen LogP contribution is -2.40. The number of carbonyl (C=O) groups is 1. The van der Waals surface area contributed by atoms with Gasteiger partial charge in [0.1, 0.15) is 0 Å². The fourth-order valence-electron chi connectivity index (χ4n) is 1.83. The molecule has 0 aliphatic carbocycles. The largest absolute Gasteiger partial charge is 0.347 e. The van der Waals surface area contributed by atoms with E-state index < -0.39 is 0 Å². The molecule has 20 heavy (non-hydrogen) atoms. The van der Waals surface area contributed by atoms with E-state index in [2.05, 4.69) is 38.4 Å². The Morgan fingerprint density at radius 2 is 2.15 bits per heavy atom. The third-order valence-corrected chi connectivity index (χ3v) is 3.85. The zero-order valence-electron chi connectivity index (χ0n) is 12.2. The highest BCUT2D eigenvalue weighted by atomic mass is 79.9. The Morgan fingerprint density at radius 3 is 2.60 bits per heavy atom. The van der Waals surface area contributed by atoms with Crippen LogP contribution < -0.4 is 11.1 Å². The average Bonchev–Trinajstić information content (AvgIpc) is 2.76. The fraction of sp³-hybridized carbons (Fsp3) is 0.692. The van der Waals surface area contributed by atoms with Gasteiger partial charge >= 0.3 is 0 Å². The maximum absolute atomic E-state index is 12.2. The van der Waals surface area contributed by atoms with Crippen molar-refractivity contribution >= 4 is 34.2 Å². The predicted molar refractivity (Wildman–Crippen MR) is 87.5 cm³/mol. The van der Waals surface area contributed by atoms with E-state index in [1.165, 1.54) is 0 Å². The summed E-state index contributed by atoms with van der Waals surface area (Å²) in [6.07, 6.45) is 3.05. The highest BCUT2D eigenvalue weighted by Crippen LogP contribution is 2.25. The molecule has 1 rings (SSSR count). The second-order valence-corrected chi connectivity index (χ2v) is 5.80. The van der Waals surface area contributed by atoms with Gasteiger partial charge in [0.25, 0.3) is 5.91 Å². The molecule has 1 aromatic rings. The highest BCUT2D eigenvalue weighted by molar-refractivity contribution is 9.10. The van der Waals surface area contributed by atoms with E-state index >= 15 is 0 Å². The summed E-state index contributed by atoms with van der Waals surface area (Å²) in [7, 11) is 0. The number of rotatable bonds is 7. The molecule has 0 radical (unpaired) electrons. The Morgan fingerprint density at radius 1 is 1.50 bits per heavy atom. The summed E-state index contributed by atoms with van der Waals surface area (Å²) in [6.45, 7) is 6.66. The van der Waals surface area contributed by atoms with Gasteiger partial charge in [-0.15, -0.1) is 12.4 Å². The standard InChI is InChI=1S/C13H23BrN4O.ClH/c1-4-5-6-9(7-15)16-13(19)12-10(14)11(8(2)3)17-18-12;/h8-9H,4-7,15H2,1-3H3,(H,16,19)(H,17,18);1H. The van der Waals surface area contributed by atoms with Gasteiger partial charge in [-0.05, 0) is 28.3 Å². The number of halogens is 2. The number of aromatic amines is 1. The van der Waals surface area contributed by atoms with E-state index in [4.69, 9.17) is 5.73 Å². The first-order valence-corrected chi connectivity index (χ1v) is 7.55. The number of carbonyl (C=O) groups excluding carboxylic acids is 1.